The smallest absolute Gasteiger partial charge is 0.319 e. The largest absolute Gasteiger partial charge is 0.463 e. The lowest BCUT2D eigenvalue weighted by atomic mass is 9.73. The predicted molar refractivity (Wildman–Crippen MR) is 85.4 cm³/mol. The summed E-state index contributed by atoms with van der Waals surface area (Å²) in [6.45, 7) is -1.73. The maximum absolute atomic E-state index is 13.3. The lowest BCUT2D eigenvalue weighted by Gasteiger charge is -2.34. The lowest BCUT2D eigenvalue weighted by molar-refractivity contribution is -0.164. The second-order valence-corrected chi connectivity index (χ2v) is 5.67. The van der Waals surface area contributed by atoms with Crippen molar-refractivity contribution < 1.29 is 43.3 Å². The van der Waals surface area contributed by atoms with Gasteiger partial charge in [0.15, 0.2) is 0 Å². The number of carbonyl (C=O) groups is 4. The average molecular weight is 383 g/mol. The third-order valence-electron chi connectivity index (χ3n) is 3.96. The minimum atomic E-state index is -1.59. The molecule has 3 N–H and O–H groups in total. The quantitative estimate of drug-likeness (QED) is 0.305. The summed E-state index contributed by atoms with van der Waals surface area (Å²) in [5, 5.41) is 19.5. The van der Waals surface area contributed by atoms with Crippen LogP contribution in [-0.4, -0.2) is 60.4 Å². The Labute approximate surface area is 153 Å². The Kier molecular flexibility index (Phi) is 6.97. The van der Waals surface area contributed by atoms with E-state index in [-0.39, 0.29) is 18.8 Å². The van der Waals surface area contributed by atoms with Crippen molar-refractivity contribution in [2.45, 2.75) is 5.92 Å². The van der Waals surface area contributed by atoms with Crippen LogP contribution in [0.1, 0.15) is 11.5 Å². The molecule has 3 atom stereocenters. The van der Waals surface area contributed by atoms with Crippen LogP contribution in [0, 0.1) is 17.7 Å². The van der Waals surface area contributed by atoms with Gasteiger partial charge in [0.2, 0.25) is 11.8 Å². The third kappa shape index (κ3) is 4.66. The molecule has 146 valence electrons. The number of imide groups is 1. The maximum atomic E-state index is 13.3. The van der Waals surface area contributed by atoms with Gasteiger partial charge in [-0.3, -0.25) is 24.5 Å². The van der Waals surface area contributed by atoms with Crippen LogP contribution in [0.2, 0.25) is 0 Å². The molecule has 1 fully saturated rings. The molecule has 1 heterocycles. The summed E-state index contributed by atoms with van der Waals surface area (Å²) in [7, 11) is 0. The predicted octanol–water partition coefficient (Wildman–Crippen LogP) is -1.13. The Morgan fingerprint density at radius 3 is 1.78 bits per heavy atom. The lowest BCUT2D eigenvalue weighted by Crippen LogP contribution is -2.56. The number of aliphatic hydroxyl groups excluding tert-OH is 2. The molecule has 0 aliphatic carbocycles. The summed E-state index contributed by atoms with van der Waals surface area (Å²) in [6, 6.07) is 4.59. The van der Waals surface area contributed by atoms with E-state index in [0.717, 1.165) is 12.1 Å². The van der Waals surface area contributed by atoms with Gasteiger partial charge in [-0.15, -0.1) is 0 Å². The highest BCUT2D eigenvalue weighted by molar-refractivity contribution is 6.14. The van der Waals surface area contributed by atoms with Crippen molar-refractivity contribution in [2.24, 2.45) is 11.8 Å². The zero-order chi connectivity index (χ0) is 20.0. The molecule has 2 amide bonds. The minimum Gasteiger partial charge on any atom is -0.463 e. The molecule has 27 heavy (non-hydrogen) atoms. The van der Waals surface area contributed by atoms with Crippen LogP contribution in [0.15, 0.2) is 24.3 Å². The van der Waals surface area contributed by atoms with Crippen LogP contribution in [0.25, 0.3) is 0 Å². The molecule has 0 bridgehead atoms. The van der Waals surface area contributed by atoms with Crippen molar-refractivity contribution >= 4 is 23.8 Å². The average Bonchev–Trinajstić information content (AvgIpc) is 2.64. The first-order valence-electron chi connectivity index (χ1n) is 8.05. The first-order chi connectivity index (χ1) is 12.9. The van der Waals surface area contributed by atoms with E-state index < -0.39 is 60.5 Å². The Morgan fingerprint density at radius 1 is 0.926 bits per heavy atom. The highest BCUT2D eigenvalue weighted by Crippen LogP contribution is 2.37. The number of rotatable bonds is 7. The Hall–Kier alpha value is -2.85. The van der Waals surface area contributed by atoms with Crippen LogP contribution in [0.4, 0.5) is 4.39 Å². The second kappa shape index (κ2) is 9.19. The Bertz CT molecular complexity index is 682. The van der Waals surface area contributed by atoms with E-state index in [2.05, 4.69) is 0 Å². The van der Waals surface area contributed by atoms with E-state index in [1.165, 1.54) is 12.1 Å². The van der Waals surface area contributed by atoms with Crippen LogP contribution in [0.3, 0.4) is 0 Å². The van der Waals surface area contributed by atoms with Crippen molar-refractivity contribution in [3.05, 3.63) is 35.6 Å². The molecule has 10 heteroatoms. The molecule has 0 spiro atoms. The number of piperidine rings is 1. The van der Waals surface area contributed by atoms with Gasteiger partial charge in [-0.1, -0.05) is 12.1 Å². The molecule has 1 saturated heterocycles. The number of esters is 2. The van der Waals surface area contributed by atoms with E-state index in [0.29, 0.717) is 0 Å². The van der Waals surface area contributed by atoms with Gasteiger partial charge in [-0.05, 0) is 17.7 Å². The number of hydrogen-bond acceptors (Lipinski definition) is 8. The van der Waals surface area contributed by atoms with E-state index in [9.17, 15) is 23.6 Å². The summed E-state index contributed by atoms with van der Waals surface area (Å²) in [6.07, 6.45) is 0. The van der Waals surface area contributed by atoms with E-state index in [4.69, 9.17) is 19.7 Å². The monoisotopic (exact) mass is 383 g/mol. The van der Waals surface area contributed by atoms with Crippen molar-refractivity contribution in [3.63, 3.8) is 0 Å². The molecular formula is C17H18FNO8. The number of benzene rings is 1. The first kappa shape index (κ1) is 20.5. The summed E-state index contributed by atoms with van der Waals surface area (Å²) < 4.78 is 22.9. The van der Waals surface area contributed by atoms with Crippen molar-refractivity contribution in [1.29, 1.82) is 0 Å². The fraction of sp³-hybridized carbons (Fsp3) is 0.412. The SMILES string of the molecule is O=C1NC(=O)[C@@H](C(=O)OCCO)[C@@H](c2ccc(F)cc2)[C@H]1C(=O)OCCO. The number of aliphatic hydroxyl groups is 2. The van der Waals surface area contributed by atoms with Gasteiger partial charge >= 0.3 is 11.9 Å². The third-order valence-corrected chi connectivity index (χ3v) is 3.96. The van der Waals surface area contributed by atoms with Gasteiger partial charge in [-0.25, -0.2) is 4.39 Å². The Balaban J connectivity index is 2.47. The fourth-order valence-electron chi connectivity index (χ4n) is 2.84. The van der Waals surface area contributed by atoms with E-state index in [1.54, 1.807) is 0 Å². The van der Waals surface area contributed by atoms with Crippen molar-refractivity contribution in [3.8, 4) is 0 Å². The van der Waals surface area contributed by atoms with Gasteiger partial charge < -0.3 is 19.7 Å². The number of ether oxygens (including phenoxy) is 2. The summed E-state index contributed by atoms with van der Waals surface area (Å²) in [5.74, 6) is -9.15. The zero-order valence-electron chi connectivity index (χ0n) is 14.1. The number of carbonyl (C=O) groups excluding carboxylic acids is 4. The van der Waals surface area contributed by atoms with Crippen LogP contribution >= 0.6 is 0 Å². The second-order valence-electron chi connectivity index (χ2n) is 5.67. The zero-order valence-corrected chi connectivity index (χ0v) is 14.1. The molecule has 0 unspecified atom stereocenters. The molecule has 1 aliphatic rings. The topological polar surface area (TPSA) is 139 Å². The summed E-state index contributed by atoms with van der Waals surface area (Å²) in [4.78, 5) is 49.2. The molecular weight excluding hydrogens is 365 g/mol. The van der Waals surface area contributed by atoms with Gasteiger partial charge in [0, 0.05) is 5.92 Å². The summed E-state index contributed by atoms with van der Waals surface area (Å²) in [5.41, 5.74) is 0.177. The Morgan fingerprint density at radius 2 is 1.37 bits per heavy atom. The van der Waals surface area contributed by atoms with Crippen molar-refractivity contribution in [2.75, 3.05) is 26.4 Å². The standard InChI is InChI=1S/C17H18FNO8/c18-10-3-1-9(2-4-10)11-12(16(24)26-7-5-20)14(22)19-15(23)13(11)17(25)27-8-6-21/h1-4,11-13,20-21H,5-8H2,(H,19,22,23)/t11-,12+,13-. The molecule has 0 radical (unpaired) electrons. The number of amides is 2. The molecule has 1 aromatic carbocycles. The van der Waals surface area contributed by atoms with Gasteiger partial charge in [0.05, 0.1) is 13.2 Å². The fourth-order valence-corrected chi connectivity index (χ4v) is 2.84. The highest BCUT2D eigenvalue weighted by atomic mass is 19.1. The molecule has 0 aromatic heterocycles. The van der Waals surface area contributed by atoms with Crippen molar-refractivity contribution in [1.82, 2.24) is 5.32 Å². The molecule has 9 nitrogen and oxygen atoms in total. The minimum absolute atomic E-state index is 0.177. The first-order valence-corrected chi connectivity index (χ1v) is 8.05. The van der Waals surface area contributed by atoms with Crippen LogP contribution in [-0.2, 0) is 28.7 Å². The number of nitrogens with one attached hydrogen (secondary N) is 1. The highest BCUT2D eigenvalue weighted by Gasteiger charge is 2.52. The van der Waals surface area contributed by atoms with E-state index in [1.807, 2.05) is 5.32 Å². The van der Waals surface area contributed by atoms with E-state index >= 15 is 0 Å². The van der Waals surface area contributed by atoms with Crippen LogP contribution < -0.4 is 5.32 Å². The maximum Gasteiger partial charge on any atom is 0.319 e. The van der Waals surface area contributed by atoms with Gasteiger partial charge in [0.1, 0.15) is 30.9 Å². The molecule has 0 saturated carbocycles. The van der Waals surface area contributed by atoms with Gasteiger partial charge in [0.25, 0.3) is 0 Å². The molecule has 1 aromatic rings. The number of halogens is 1. The van der Waals surface area contributed by atoms with Crippen LogP contribution in [0.5, 0.6) is 0 Å². The summed E-state index contributed by atoms with van der Waals surface area (Å²) >= 11 is 0. The molecule has 1 aliphatic heterocycles. The normalized spacial score (nSPS) is 22.1. The number of hydrogen-bond donors (Lipinski definition) is 3. The van der Waals surface area contributed by atoms with Gasteiger partial charge in [-0.2, -0.15) is 0 Å². The molecule has 2 rings (SSSR count).